The van der Waals surface area contributed by atoms with Crippen molar-refractivity contribution in [3.63, 3.8) is 0 Å². The molecule has 71 valence electrons. The number of imidazole rings is 1. The molecule has 0 aliphatic carbocycles. The summed E-state index contributed by atoms with van der Waals surface area (Å²) in [5.74, 6) is -0.890. The number of hydrogen-bond donors (Lipinski definition) is 1. The largest absolute Gasteiger partial charge is 0.367 e. The summed E-state index contributed by atoms with van der Waals surface area (Å²) in [6.45, 7) is 2.92. The van der Waals surface area contributed by atoms with Crippen molar-refractivity contribution in [1.82, 2.24) is 9.55 Å². The zero-order chi connectivity index (χ0) is 10.2. The van der Waals surface area contributed by atoms with Crippen LogP contribution in [-0.2, 0) is 22.5 Å². The topological polar surface area (TPSA) is 80.8 Å². The van der Waals surface area contributed by atoms with Crippen LogP contribution in [0.25, 0.3) is 0 Å². The Kier molecular flexibility index (Phi) is 2.13. The van der Waals surface area contributed by atoms with Gasteiger partial charge in [-0.3, -0.25) is 4.79 Å². The summed E-state index contributed by atoms with van der Waals surface area (Å²) < 4.78 is 1.52. The molecule has 1 aromatic heterocycles. The van der Waals surface area contributed by atoms with E-state index in [1.165, 1.54) is 17.8 Å². The zero-order valence-electron chi connectivity index (χ0n) is 7.87. The molecule has 1 atom stereocenters. The molecular formula is C8H12N3O2. The maximum absolute atomic E-state index is 11.8. The highest BCUT2D eigenvalue weighted by molar-refractivity contribution is 5.83. The van der Waals surface area contributed by atoms with Gasteiger partial charge in [0.25, 0.3) is 5.91 Å². The number of carbonyl (C=O) groups is 1. The van der Waals surface area contributed by atoms with Gasteiger partial charge in [-0.25, -0.2) is 10.1 Å². The number of aryl methyl sites for hydroxylation is 2. The molecule has 0 aromatic carbocycles. The molecule has 1 heterocycles. The summed E-state index contributed by atoms with van der Waals surface area (Å²) in [6.07, 6.45) is 1.49. The van der Waals surface area contributed by atoms with E-state index < -0.39 is 11.5 Å². The molecule has 13 heavy (non-hydrogen) atoms. The average Bonchev–Trinajstić information content (AvgIpc) is 2.30. The average molecular weight is 182 g/mol. The maximum atomic E-state index is 11.8. The lowest BCUT2D eigenvalue weighted by Gasteiger charge is -2.17. The van der Waals surface area contributed by atoms with Crippen LogP contribution in [0.15, 0.2) is 6.33 Å². The predicted octanol–water partition coefficient (Wildman–Crippen LogP) is -0.140. The van der Waals surface area contributed by atoms with Gasteiger partial charge >= 0.3 is 0 Å². The minimum Gasteiger partial charge on any atom is -0.367 e. The maximum Gasteiger partial charge on any atom is 0.259 e. The second-order valence-corrected chi connectivity index (χ2v) is 3.19. The Morgan fingerprint density at radius 2 is 2.23 bits per heavy atom. The number of nitrogens with two attached hydrogens (primary N) is 1. The summed E-state index contributed by atoms with van der Waals surface area (Å²) in [4.78, 5) is 14.8. The molecule has 0 fully saturated rings. The van der Waals surface area contributed by atoms with Crippen molar-refractivity contribution in [3.05, 3.63) is 17.7 Å². The Balaban J connectivity index is 3.28. The summed E-state index contributed by atoms with van der Waals surface area (Å²) in [6, 6.07) is 0. The fourth-order valence-corrected chi connectivity index (χ4v) is 1.35. The highest BCUT2D eigenvalue weighted by atomic mass is 16.3. The van der Waals surface area contributed by atoms with Crippen molar-refractivity contribution in [2.45, 2.75) is 19.4 Å². The van der Waals surface area contributed by atoms with Crippen LogP contribution in [0, 0.1) is 6.92 Å². The molecule has 5 nitrogen and oxygen atoms in total. The Labute approximate surface area is 76.2 Å². The lowest BCUT2D eigenvalue weighted by Crippen LogP contribution is -2.39. The fraction of sp³-hybridized carbons (Fsp3) is 0.500. The number of carbonyl (C=O) groups excluding carboxylic acids is 1. The Morgan fingerprint density at radius 3 is 2.54 bits per heavy atom. The van der Waals surface area contributed by atoms with Gasteiger partial charge in [-0.15, -0.1) is 0 Å². The van der Waals surface area contributed by atoms with Gasteiger partial charge in [0.1, 0.15) is 0 Å². The SMILES string of the molecule is Cc1ncn(C)c1C(C)([O])C(N)=O. The minimum absolute atomic E-state index is 0.319. The predicted molar refractivity (Wildman–Crippen MR) is 45.2 cm³/mol. The van der Waals surface area contributed by atoms with Crippen molar-refractivity contribution in [2.24, 2.45) is 12.8 Å². The molecule has 2 N–H and O–H groups in total. The minimum atomic E-state index is -1.91. The van der Waals surface area contributed by atoms with Gasteiger partial charge in [-0.2, -0.15) is 0 Å². The Hall–Kier alpha value is -1.36. The molecule has 0 bridgehead atoms. The fourth-order valence-electron chi connectivity index (χ4n) is 1.35. The van der Waals surface area contributed by atoms with Crippen LogP contribution in [0.4, 0.5) is 0 Å². The lowest BCUT2D eigenvalue weighted by atomic mass is 10.00. The van der Waals surface area contributed by atoms with Crippen molar-refractivity contribution in [3.8, 4) is 0 Å². The van der Waals surface area contributed by atoms with Crippen LogP contribution in [0.3, 0.4) is 0 Å². The van der Waals surface area contributed by atoms with E-state index in [0.717, 1.165) is 0 Å². The zero-order valence-corrected chi connectivity index (χ0v) is 7.87. The van der Waals surface area contributed by atoms with Crippen LogP contribution in [0.1, 0.15) is 18.3 Å². The number of rotatable bonds is 2. The summed E-state index contributed by atoms with van der Waals surface area (Å²) in [7, 11) is 1.66. The quantitative estimate of drug-likeness (QED) is 0.690. The first-order valence-corrected chi connectivity index (χ1v) is 3.86. The van der Waals surface area contributed by atoms with Gasteiger partial charge < -0.3 is 10.3 Å². The highest BCUT2D eigenvalue weighted by Crippen LogP contribution is 2.22. The van der Waals surface area contributed by atoms with Crippen LogP contribution in [0.2, 0.25) is 0 Å². The van der Waals surface area contributed by atoms with E-state index in [9.17, 15) is 9.90 Å². The molecule has 1 radical (unpaired) electrons. The van der Waals surface area contributed by atoms with E-state index in [2.05, 4.69) is 4.98 Å². The number of hydrogen-bond acceptors (Lipinski definition) is 2. The molecule has 1 unspecified atom stereocenters. The number of aromatic nitrogens is 2. The van der Waals surface area contributed by atoms with E-state index >= 15 is 0 Å². The first kappa shape index (κ1) is 9.73. The molecule has 0 aliphatic heterocycles. The first-order valence-electron chi connectivity index (χ1n) is 3.86. The molecular weight excluding hydrogens is 170 g/mol. The van der Waals surface area contributed by atoms with Crippen molar-refractivity contribution in [2.75, 3.05) is 0 Å². The van der Waals surface area contributed by atoms with E-state index in [4.69, 9.17) is 5.73 Å². The summed E-state index contributed by atoms with van der Waals surface area (Å²) in [5.41, 5.74) is 3.96. The van der Waals surface area contributed by atoms with Crippen LogP contribution >= 0.6 is 0 Å². The van der Waals surface area contributed by atoms with Gasteiger partial charge in [0, 0.05) is 7.05 Å². The third-order valence-corrected chi connectivity index (χ3v) is 2.04. The van der Waals surface area contributed by atoms with Crippen molar-refractivity contribution in [1.29, 1.82) is 0 Å². The van der Waals surface area contributed by atoms with E-state index in [0.29, 0.717) is 11.4 Å². The molecule has 0 spiro atoms. The van der Waals surface area contributed by atoms with Crippen LogP contribution in [0.5, 0.6) is 0 Å². The second kappa shape index (κ2) is 2.85. The normalized spacial score (nSPS) is 15.4. The van der Waals surface area contributed by atoms with Gasteiger partial charge in [-0.1, -0.05) is 0 Å². The molecule has 1 aromatic rings. The first-order chi connectivity index (χ1) is 5.87. The lowest BCUT2D eigenvalue weighted by molar-refractivity contribution is -0.143. The van der Waals surface area contributed by atoms with E-state index in [1.807, 2.05) is 0 Å². The van der Waals surface area contributed by atoms with Gasteiger partial charge in [0.2, 0.25) is 5.60 Å². The number of nitrogens with zero attached hydrogens (tertiary/aromatic N) is 2. The molecule has 1 rings (SSSR count). The van der Waals surface area contributed by atoms with E-state index in [-0.39, 0.29) is 0 Å². The Morgan fingerprint density at radius 1 is 1.69 bits per heavy atom. The molecule has 0 saturated heterocycles. The van der Waals surface area contributed by atoms with Gasteiger partial charge in [0.05, 0.1) is 17.7 Å². The standard InChI is InChI=1S/C8H12N3O2/c1-5-6(11(3)4-10-5)8(2,13)7(9)12/h4H,1-3H3,(H2,9,12). The highest BCUT2D eigenvalue weighted by Gasteiger charge is 2.37. The molecule has 5 heteroatoms. The smallest absolute Gasteiger partial charge is 0.259 e. The summed E-state index contributed by atoms with van der Waals surface area (Å²) >= 11 is 0. The number of amides is 1. The summed E-state index contributed by atoms with van der Waals surface area (Å²) in [5, 5.41) is 11.8. The molecule has 1 amide bonds. The van der Waals surface area contributed by atoms with Crippen molar-refractivity contribution < 1.29 is 9.90 Å². The molecule has 0 saturated carbocycles. The van der Waals surface area contributed by atoms with Crippen LogP contribution in [-0.4, -0.2) is 15.5 Å². The van der Waals surface area contributed by atoms with Crippen molar-refractivity contribution >= 4 is 5.91 Å². The number of primary amides is 1. The monoisotopic (exact) mass is 182 g/mol. The third-order valence-electron chi connectivity index (χ3n) is 2.04. The van der Waals surface area contributed by atoms with Gasteiger partial charge in [-0.05, 0) is 13.8 Å². The van der Waals surface area contributed by atoms with Crippen LogP contribution < -0.4 is 5.73 Å². The Bertz CT molecular complexity index is 322. The van der Waals surface area contributed by atoms with Gasteiger partial charge in [0.15, 0.2) is 0 Å². The molecule has 0 aliphatic rings. The third kappa shape index (κ3) is 1.42. The second-order valence-electron chi connectivity index (χ2n) is 3.19. The van der Waals surface area contributed by atoms with E-state index in [1.54, 1.807) is 14.0 Å².